The number of morpholine rings is 1. The van der Waals surface area contributed by atoms with Gasteiger partial charge in [0.25, 0.3) is 11.8 Å². The summed E-state index contributed by atoms with van der Waals surface area (Å²) in [5.74, 6) is 3.77. The fourth-order valence-corrected chi connectivity index (χ4v) is 10.3. The summed E-state index contributed by atoms with van der Waals surface area (Å²) in [6.45, 7) is 12.3. The summed E-state index contributed by atoms with van der Waals surface area (Å²) in [4.78, 5) is 47.6. The minimum Gasteiger partial charge on any atom is -0.378 e. The van der Waals surface area contributed by atoms with E-state index in [1.807, 2.05) is 46.2 Å². The molecule has 0 bridgehead atoms. The van der Waals surface area contributed by atoms with Crippen LogP contribution in [-0.2, 0) is 17.6 Å². The quantitative estimate of drug-likeness (QED) is 0.161. The molecular formula is C58H61N13O3. The van der Waals surface area contributed by atoms with Crippen LogP contribution in [0.5, 0.6) is 0 Å². The lowest BCUT2D eigenvalue weighted by Gasteiger charge is -2.36. The van der Waals surface area contributed by atoms with E-state index in [1.54, 1.807) is 12.4 Å². The molecule has 4 fully saturated rings. The van der Waals surface area contributed by atoms with Crippen molar-refractivity contribution in [2.75, 3.05) is 124 Å². The van der Waals surface area contributed by atoms with Crippen LogP contribution in [-0.4, -0.2) is 157 Å². The van der Waals surface area contributed by atoms with Crippen molar-refractivity contribution in [2.45, 2.75) is 12.8 Å². The molecule has 0 atom stereocenters. The Bertz CT molecular complexity index is 2940. The number of ether oxygens (including phenoxy) is 1. The predicted molar refractivity (Wildman–Crippen MR) is 290 cm³/mol. The molecular weight excluding hydrogens is 927 g/mol. The van der Waals surface area contributed by atoms with Crippen molar-refractivity contribution in [1.82, 2.24) is 45.5 Å². The van der Waals surface area contributed by atoms with Gasteiger partial charge in [-0.1, -0.05) is 109 Å². The number of piperazine rings is 3. The Kier molecular flexibility index (Phi) is 14.8. The van der Waals surface area contributed by atoms with Crippen molar-refractivity contribution in [2.24, 2.45) is 0 Å². The number of nitrogens with one attached hydrogen (secondary N) is 1. The third-order valence-electron chi connectivity index (χ3n) is 14.4. The van der Waals surface area contributed by atoms with Crippen molar-refractivity contribution >= 4 is 56.6 Å². The lowest BCUT2D eigenvalue weighted by atomic mass is 10.0. The van der Waals surface area contributed by atoms with Gasteiger partial charge in [-0.25, -0.2) is 9.97 Å². The molecule has 12 rings (SSSR count). The highest BCUT2D eigenvalue weighted by atomic mass is 16.5. The number of hydrogen-bond donors (Lipinski definition) is 1. The largest absolute Gasteiger partial charge is 0.378 e. The van der Waals surface area contributed by atoms with Crippen LogP contribution < -0.4 is 24.9 Å². The van der Waals surface area contributed by atoms with Crippen molar-refractivity contribution < 1.29 is 14.3 Å². The first kappa shape index (κ1) is 48.2. The van der Waals surface area contributed by atoms with Crippen molar-refractivity contribution in [3.8, 4) is 0 Å². The average Bonchev–Trinajstić information content (AvgIpc) is 3.48. The SMILES string of the molecule is O=C(c1ccc(N2CCN(c3nnc(Cc4ccccc4)c4ccccc34)CC2)nc1)N1CCNCC1.O=C(c1ccc(N2CCN(c3nnc(Cc4ccccc4)c4ccccc34)CC2)nc1)N1CCOCC1. The van der Waals surface area contributed by atoms with Crippen molar-refractivity contribution in [3.05, 3.63) is 179 Å². The third-order valence-corrected chi connectivity index (χ3v) is 14.4. The van der Waals surface area contributed by atoms with Gasteiger partial charge in [0, 0.05) is 138 Å². The molecule has 0 saturated carbocycles. The van der Waals surface area contributed by atoms with Crippen molar-refractivity contribution in [1.29, 1.82) is 0 Å². The Labute approximate surface area is 431 Å². The highest BCUT2D eigenvalue weighted by molar-refractivity contribution is 5.96. The molecule has 2 amide bonds. The molecule has 0 radical (unpaired) electrons. The van der Waals surface area contributed by atoms with Crippen LogP contribution in [0.1, 0.15) is 43.2 Å². The summed E-state index contributed by atoms with van der Waals surface area (Å²) in [6.07, 6.45) is 4.94. The zero-order valence-electron chi connectivity index (χ0n) is 41.7. The molecule has 4 aliphatic rings. The second kappa shape index (κ2) is 22.8. The minimum atomic E-state index is 0.0216. The van der Waals surface area contributed by atoms with Crippen LogP contribution in [0.15, 0.2) is 146 Å². The van der Waals surface area contributed by atoms with E-state index in [2.05, 4.69) is 142 Å². The first-order valence-electron chi connectivity index (χ1n) is 25.9. The molecule has 4 aliphatic heterocycles. The number of carbonyl (C=O) groups excluding carboxylic acids is 2. The molecule has 0 unspecified atom stereocenters. The van der Waals surface area contributed by atoms with E-state index >= 15 is 0 Å². The number of pyridine rings is 2. The normalized spacial score (nSPS) is 16.3. The van der Waals surface area contributed by atoms with Crippen LogP contribution in [0.25, 0.3) is 21.5 Å². The molecule has 0 spiro atoms. The summed E-state index contributed by atoms with van der Waals surface area (Å²) in [7, 11) is 0. The molecule has 4 aromatic heterocycles. The summed E-state index contributed by atoms with van der Waals surface area (Å²) >= 11 is 0. The smallest absolute Gasteiger partial charge is 0.255 e. The second-order valence-corrected chi connectivity index (χ2v) is 19.1. The van der Waals surface area contributed by atoms with Gasteiger partial charge in [0.15, 0.2) is 11.6 Å². The molecule has 376 valence electrons. The average molecular weight is 988 g/mol. The van der Waals surface area contributed by atoms with E-state index in [9.17, 15) is 9.59 Å². The van der Waals surface area contributed by atoms with Gasteiger partial charge in [-0.15, -0.1) is 10.2 Å². The molecule has 16 heteroatoms. The van der Waals surface area contributed by atoms with E-state index in [0.717, 1.165) is 148 Å². The number of rotatable bonds is 10. The number of nitrogens with zero attached hydrogens (tertiary/aromatic N) is 12. The zero-order valence-corrected chi connectivity index (χ0v) is 41.7. The number of aromatic nitrogens is 6. The second-order valence-electron chi connectivity index (χ2n) is 19.1. The van der Waals surface area contributed by atoms with Crippen LogP contribution in [0.4, 0.5) is 23.3 Å². The summed E-state index contributed by atoms with van der Waals surface area (Å²) in [6, 6.07) is 45.4. The van der Waals surface area contributed by atoms with E-state index in [-0.39, 0.29) is 11.8 Å². The molecule has 1 N–H and O–H groups in total. The first-order valence-corrected chi connectivity index (χ1v) is 25.9. The highest BCUT2D eigenvalue weighted by Gasteiger charge is 2.26. The third kappa shape index (κ3) is 11.0. The number of benzene rings is 4. The number of anilines is 4. The topological polar surface area (TPSA) is 152 Å². The van der Waals surface area contributed by atoms with Crippen LogP contribution in [0, 0.1) is 0 Å². The van der Waals surface area contributed by atoms with Gasteiger partial charge in [-0.3, -0.25) is 9.59 Å². The van der Waals surface area contributed by atoms with E-state index in [1.165, 1.54) is 11.1 Å². The number of fused-ring (bicyclic) bond motifs is 2. The number of carbonyl (C=O) groups is 2. The van der Waals surface area contributed by atoms with Gasteiger partial charge >= 0.3 is 0 Å². The fourth-order valence-electron chi connectivity index (χ4n) is 10.3. The Morgan fingerprint density at radius 3 is 1.23 bits per heavy atom. The van der Waals surface area contributed by atoms with Gasteiger partial charge in [0.1, 0.15) is 11.6 Å². The zero-order chi connectivity index (χ0) is 50.1. The maximum atomic E-state index is 12.7. The molecule has 8 aromatic rings. The standard InChI is InChI=1S/C29H31N7O.C29H30N6O2/c37-29(36-14-12-30-13-15-36)23-10-11-27(31-21-23)34-16-18-35(19-17-34)28-25-9-5-4-8-24(25)26(32-33-28)20-22-6-2-1-3-7-22;36-29(35-16-18-37-19-17-35)23-10-11-27(30-21-23)33-12-14-34(15-13-33)28-25-9-5-4-8-24(25)26(31-32-28)20-22-6-2-1-3-7-22/h1-11,21,30H,12-20H2;1-11,21H,12-20H2. The first-order chi connectivity index (χ1) is 36.5. The Balaban J connectivity index is 0.000000159. The molecule has 74 heavy (non-hydrogen) atoms. The van der Waals surface area contributed by atoms with E-state index < -0.39 is 0 Å². The van der Waals surface area contributed by atoms with Crippen molar-refractivity contribution in [3.63, 3.8) is 0 Å². The maximum absolute atomic E-state index is 12.7. The summed E-state index contributed by atoms with van der Waals surface area (Å²) in [5.41, 5.74) is 5.75. The van der Waals surface area contributed by atoms with E-state index in [4.69, 9.17) is 14.9 Å². The summed E-state index contributed by atoms with van der Waals surface area (Å²) in [5, 5.41) is 26.6. The summed E-state index contributed by atoms with van der Waals surface area (Å²) < 4.78 is 5.35. The Morgan fingerprint density at radius 2 is 0.811 bits per heavy atom. The molecule has 4 saturated heterocycles. The molecule has 4 aromatic carbocycles. The molecule has 0 aliphatic carbocycles. The van der Waals surface area contributed by atoms with Crippen LogP contribution in [0.2, 0.25) is 0 Å². The van der Waals surface area contributed by atoms with Crippen LogP contribution >= 0.6 is 0 Å². The monoisotopic (exact) mass is 988 g/mol. The van der Waals surface area contributed by atoms with Crippen LogP contribution in [0.3, 0.4) is 0 Å². The minimum absolute atomic E-state index is 0.0216. The van der Waals surface area contributed by atoms with Gasteiger partial charge in [0.05, 0.1) is 35.7 Å². The number of amides is 2. The molecule has 16 nitrogen and oxygen atoms in total. The Morgan fingerprint density at radius 1 is 0.419 bits per heavy atom. The van der Waals surface area contributed by atoms with Gasteiger partial charge in [0.2, 0.25) is 0 Å². The number of hydrogen-bond acceptors (Lipinski definition) is 14. The lowest BCUT2D eigenvalue weighted by molar-refractivity contribution is 0.0302. The highest BCUT2D eigenvalue weighted by Crippen LogP contribution is 2.30. The molecule has 8 heterocycles. The maximum Gasteiger partial charge on any atom is 0.255 e. The van der Waals surface area contributed by atoms with E-state index in [0.29, 0.717) is 37.4 Å². The van der Waals surface area contributed by atoms with Gasteiger partial charge in [-0.2, -0.15) is 10.2 Å². The van der Waals surface area contributed by atoms with Gasteiger partial charge in [-0.05, 0) is 35.4 Å². The van der Waals surface area contributed by atoms with Gasteiger partial charge < -0.3 is 39.5 Å². The lowest BCUT2D eigenvalue weighted by Crippen LogP contribution is -2.47. The predicted octanol–water partition coefficient (Wildman–Crippen LogP) is 6.40. The Hall–Kier alpha value is -8.08. The fraction of sp³-hybridized carbons (Fsp3) is 0.310.